The van der Waals surface area contributed by atoms with Crippen LogP contribution in [0.5, 0.6) is 0 Å². The monoisotopic (exact) mass is 2050 g/mol. The minimum absolute atomic E-state index is 0.0121. The van der Waals surface area contributed by atoms with Gasteiger partial charge < -0.3 is 75.8 Å². The van der Waals surface area contributed by atoms with Crippen molar-refractivity contribution in [2.75, 3.05) is 26.4 Å². The van der Waals surface area contributed by atoms with Gasteiger partial charge in [0.2, 0.25) is 0 Å². The first-order valence-corrected chi connectivity index (χ1v) is 48.4. The average molecular weight is 2060 g/mol. The maximum atomic E-state index is 12.4. The predicted octanol–water partition coefficient (Wildman–Crippen LogP) is 9.46. The number of allylic oxidation sites excluding steroid dienone is 4. The minimum atomic E-state index is -1.18. The fraction of sp³-hybridized carbons (Fsp3) is 0.425. The molecule has 43 nitrogen and oxygen atoms in total. The summed E-state index contributed by atoms with van der Waals surface area (Å²) in [7, 11) is 0. The van der Waals surface area contributed by atoms with E-state index in [4.69, 9.17) is 28.4 Å². The van der Waals surface area contributed by atoms with E-state index in [1.54, 1.807) is 12.1 Å². The van der Waals surface area contributed by atoms with Crippen LogP contribution in [0.1, 0.15) is 290 Å². The third-order valence-electron chi connectivity index (χ3n) is 29.1. The lowest BCUT2D eigenvalue weighted by Gasteiger charge is -2.32. The Kier molecular flexibility index (Phi) is 32.0. The van der Waals surface area contributed by atoms with Crippen LogP contribution in [0.2, 0.25) is 0 Å². The quantitative estimate of drug-likeness (QED) is 0.0244. The lowest BCUT2D eigenvalue weighted by molar-refractivity contribution is -0.156. The van der Waals surface area contributed by atoms with Crippen LogP contribution < -0.4 is 0 Å². The van der Waals surface area contributed by atoms with Gasteiger partial charge in [0.25, 0.3) is 0 Å². The Hall–Kier alpha value is -16.5. The van der Waals surface area contributed by atoms with Gasteiger partial charge in [-0.15, -0.1) is 0 Å². The first-order valence-electron chi connectivity index (χ1n) is 48.4. The maximum Gasteiger partial charge on any atom is 0.346 e. The van der Waals surface area contributed by atoms with Crippen LogP contribution in [0.3, 0.4) is 0 Å². The summed E-state index contributed by atoms with van der Waals surface area (Å²) < 4.78 is 75.1. The summed E-state index contributed by atoms with van der Waals surface area (Å²) in [4.78, 5) is 310. The van der Waals surface area contributed by atoms with E-state index >= 15 is 0 Å². The van der Waals surface area contributed by atoms with Gasteiger partial charge in [0.15, 0.2) is 6.10 Å². The highest BCUT2D eigenvalue weighted by Gasteiger charge is 2.63. The topological polar surface area (TPSA) is 609 Å². The number of esters is 27. The summed E-state index contributed by atoms with van der Waals surface area (Å²) in [6, 6.07) is 22.0. The number of unbranched alkanes of at least 4 members (excludes halogenated alkanes) is 3. The van der Waals surface area contributed by atoms with Crippen molar-refractivity contribution in [2.24, 2.45) is 94.7 Å². The van der Waals surface area contributed by atoms with Crippen LogP contribution in [-0.2, 0) is 148 Å². The molecule has 4 bridgehead atoms. The average Bonchev–Trinajstić information content (AvgIpc) is 1.57. The van der Waals surface area contributed by atoms with Gasteiger partial charge in [-0.1, -0.05) is 88.1 Å². The van der Waals surface area contributed by atoms with Gasteiger partial charge >= 0.3 is 161 Å². The SMILES string of the molecule is CC(=O)OC(COC(=O)c1ccc2c(c1)C(=O)OC2=O)COC(=O)c1ccc2c(c1)C(=O)OC2=O.CC1CC2CC1C1C(=O)OC(=O)C21.CCCCC/C=C/CC1CC(=O)OC1=O.O=C(OCCOC(=O)c1ccc2c(c1)C(=O)OC2=O)c1ccc2c(c1)C(=O)OC2=O.O=C1CC(C2CC3C(=O)OC(=O)C3c3ccccc32)C(=O)O1.O=C1OC(=O)C2C3CCC(C3)C12.O=C1OC(=O)C2CC=CCC12.O=C1OC(=O)C2CCCCC12. The predicted molar refractivity (Wildman–Crippen MR) is 484 cm³/mol. The Morgan fingerprint density at radius 1 is 0.349 bits per heavy atom. The molecule has 0 aromatic heterocycles. The number of hydrogen-bond donors (Lipinski definition) is 0. The molecule has 11 heterocycles. The fourth-order valence-corrected chi connectivity index (χ4v) is 21.9. The van der Waals surface area contributed by atoms with Gasteiger partial charge in [0, 0.05) is 6.92 Å². The van der Waals surface area contributed by atoms with Gasteiger partial charge in [0.05, 0.1) is 151 Å². The molecule has 0 N–H and O–H groups in total. The highest BCUT2D eigenvalue weighted by molar-refractivity contribution is 6.19. The molecule has 18 atom stereocenters. The Labute approximate surface area is 843 Å². The summed E-state index contributed by atoms with van der Waals surface area (Å²) in [6.45, 7) is 3.88. The van der Waals surface area contributed by atoms with Crippen molar-refractivity contribution < 1.29 is 205 Å². The van der Waals surface area contributed by atoms with E-state index in [2.05, 4.69) is 67.3 Å². The summed E-state index contributed by atoms with van der Waals surface area (Å²) in [5, 5.41) is 0. The van der Waals surface area contributed by atoms with Crippen LogP contribution in [-0.4, -0.2) is 194 Å². The van der Waals surface area contributed by atoms with E-state index in [1.807, 2.05) is 30.4 Å². The second kappa shape index (κ2) is 45.2. The molecule has 5 aromatic rings. The minimum Gasteiger partial charge on any atom is -0.458 e. The van der Waals surface area contributed by atoms with Crippen LogP contribution in [0, 0.1) is 94.7 Å². The molecule has 0 radical (unpaired) electrons. The standard InChI is InChI=1S/C23H14O12.C20H10O10.C16H12O6.C12H18O3.C10H12O3.C9H10O3.C8H10O3.C8H8O3/c1-10(24)33-13(8-31-18(25)11-2-4-14-16(6-11)22(29)34-20(14)27)9-32-19(26)12-3-5-15-17(7-12)23(30)35-21(15)28;21-15(9-1-3-11-13(7-9)19(25)29-17(11)23)27-5-6-28-16(22)10-2-4-12-14(8-10)20(26)30-18(12)24;17-12-6-10(14(18)21-12)9-5-11-13(16(20)22-15(11)19)8-4-2-1-3-7(8)9;1-2-3-4-5-6-7-8-10-9-11(13)15-12(10)14;1-4-2-5-3-6(4)8-7(5)9(11)13-10(8)12;10-8-6-4-1-2-5(3-4)7(6)9(11)12-8;2*9-7-5-3-1-2-4-6(5)8(10)11-7/h2-7,13H,8-9H2,1H3;1-4,7-8H,5-6H2;1-4,9-11,13H,5-6H2;6-7,10H,2-5,8-9H2,1H3;4-8H,2-3H2,1H3;4-7H,1-3H2;5-6H,1-4H2;1-2,5-6H,3-4H2/b;;;7-6+;;;;. The first-order chi connectivity index (χ1) is 71.3. The first kappa shape index (κ1) is 105. The maximum absolute atomic E-state index is 12.4. The van der Waals surface area contributed by atoms with E-state index < -0.39 is 139 Å². The van der Waals surface area contributed by atoms with E-state index in [9.17, 15) is 129 Å². The molecule has 18 unspecified atom stereocenters. The van der Waals surface area contributed by atoms with Crippen LogP contribution in [0.4, 0.5) is 0 Å². The van der Waals surface area contributed by atoms with E-state index in [0.29, 0.717) is 60.8 Å². The lowest BCUT2D eigenvalue weighted by atomic mass is 9.67. The number of ether oxygens (including phenoxy) is 16. The number of rotatable bonds is 19. The third-order valence-corrected chi connectivity index (χ3v) is 29.1. The highest BCUT2D eigenvalue weighted by Crippen LogP contribution is 2.59. The number of fused-ring (bicyclic) bond motifs is 19. The molecule has 7 aliphatic carbocycles. The van der Waals surface area contributed by atoms with Crippen molar-refractivity contribution in [1.82, 2.24) is 0 Å². The van der Waals surface area contributed by atoms with Crippen LogP contribution >= 0.6 is 0 Å². The molecule has 7 saturated heterocycles. The molecule has 23 rings (SSSR count). The molecule has 149 heavy (non-hydrogen) atoms. The summed E-state index contributed by atoms with van der Waals surface area (Å²) in [5.74, 6) is -16.9. The molecule has 5 aromatic carbocycles. The third kappa shape index (κ3) is 22.9. The van der Waals surface area contributed by atoms with Crippen molar-refractivity contribution in [3.8, 4) is 0 Å². The zero-order valence-electron chi connectivity index (χ0n) is 79.8. The van der Waals surface area contributed by atoms with Crippen LogP contribution in [0.15, 0.2) is 121 Å². The molecule has 0 amide bonds. The smallest absolute Gasteiger partial charge is 0.346 e. The molecule has 776 valence electrons. The number of carbonyl (C=O) groups excluding carboxylic acids is 27. The molecular formula is C106H94O43. The highest BCUT2D eigenvalue weighted by atomic mass is 16.6. The number of cyclic esters (lactones) is 22. The Bertz CT molecular complexity index is 6360. The van der Waals surface area contributed by atoms with Crippen molar-refractivity contribution in [3.05, 3.63) is 199 Å². The molecule has 5 saturated carbocycles. The van der Waals surface area contributed by atoms with Gasteiger partial charge in [-0.25, -0.2) is 57.5 Å². The Balaban J connectivity index is 0.000000126. The van der Waals surface area contributed by atoms with E-state index in [1.165, 1.54) is 79.9 Å². The molecule has 43 heteroatoms. The Morgan fingerprint density at radius 3 is 1.17 bits per heavy atom. The summed E-state index contributed by atoms with van der Waals surface area (Å²) in [6.07, 6.45) is 23.3. The zero-order valence-corrected chi connectivity index (χ0v) is 79.8. The molecule has 12 fully saturated rings. The Morgan fingerprint density at radius 2 is 0.738 bits per heavy atom. The molecule has 0 spiro atoms. The molecular weight excluding hydrogens is 1960 g/mol. The number of hydrogen-bond acceptors (Lipinski definition) is 43. The normalized spacial score (nSPS) is 27.0. The fourth-order valence-electron chi connectivity index (χ4n) is 21.9. The summed E-state index contributed by atoms with van der Waals surface area (Å²) in [5.41, 5.74) is 1.37. The lowest BCUT2D eigenvalue weighted by Crippen LogP contribution is -2.31. The van der Waals surface area contributed by atoms with E-state index in [0.717, 1.165) is 88.8 Å². The van der Waals surface area contributed by atoms with Crippen LogP contribution in [0.25, 0.3) is 0 Å². The zero-order chi connectivity index (χ0) is 106. The van der Waals surface area contributed by atoms with Crippen molar-refractivity contribution in [3.63, 3.8) is 0 Å². The van der Waals surface area contributed by atoms with Gasteiger partial charge in [-0.05, 0) is 203 Å². The van der Waals surface area contributed by atoms with Gasteiger partial charge in [-0.2, -0.15) is 0 Å². The van der Waals surface area contributed by atoms with Crippen molar-refractivity contribution in [1.29, 1.82) is 0 Å². The molecule has 18 aliphatic rings. The van der Waals surface area contributed by atoms with Crippen molar-refractivity contribution in [2.45, 2.75) is 161 Å². The largest absolute Gasteiger partial charge is 0.458 e. The number of benzene rings is 5. The van der Waals surface area contributed by atoms with Gasteiger partial charge in [0.1, 0.15) is 26.4 Å². The number of carbonyl (C=O) groups is 27. The van der Waals surface area contributed by atoms with E-state index in [-0.39, 0.29) is 212 Å². The second-order valence-electron chi connectivity index (χ2n) is 38.2. The van der Waals surface area contributed by atoms with Crippen molar-refractivity contribution >= 4 is 161 Å². The van der Waals surface area contributed by atoms with Gasteiger partial charge in [-0.3, -0.25) is 71.9 Å². The second-order valence-corrected chi connectivity index (χ2v) is 38.2. The molecule has 11 aliphatic heterocycles. The summed E-state index contributed by atoms with van der Waals surface area (Å²) >= 11 is 0.